The average Bonchev–Trinajstić information content (AvgIpc) is 3.67. The molecule has 5 atom stereocenters. The molecule has 2 saturated carbocycles. The van der Waals surface area contributed by atoms with Gasteiger partial charge in [-0.2, -0.15) is 0 Å². The zero-order valence-corrected chi connectivity index (χ0v) is 33.9. The Labute approximate surface area is 333 Å². The summed E-state index contributed by atoms with van der Waals surface area (Å²) < 4.78 is 46.2. The van der Waals surface area contributed by atoms with E-state index in [-0.39, 0.29) is 18.9 Å². The molecule has 0 radical (unpaired) electrons. The van der Waals surface area contributed by atoms with Gasteiger partial charge >= 0.3 is 6.09 Å². The van der Waals surface area contributed by atoms with Gasteiger partial charge in [0.25, 0.3) is 5.91 Å². The zero-order valence-electron chi connectivity index (χ0n) is 33.0. The molecule has 14 nitrogen and oxygen atoms in total. The number of benzene rings is 2. The molecule has 2 saturated heterocycles. The molecule has 3 N–H and O–H groups in total. The lowest BCUT2D eigenvalue weighted by Crippen LogP contribution is -2.59. The summed E-state index contributed by atoms with van der Waals surface area (Å²) in [5.41, 5.74) is -0.0829. The molecule has 57 heavy (non-hydrogen) atoms. The Morgan fingerprint density at radius 1 is 0.947 bits per heavy atom. The first-order chi connectivity index (χ1) is 27.2. The number of carbonyl (C=O) groups excluding carboxylic acids is 4. The van der Waals surface area contributed by atoms with Gasteiger partial charge in [0, 0.05) is 29.5 Å². The number of nitrogens with one attached hydrogen (secondary N) is 3. The van der Waals surface area contributed by atoms with Crippen molar-refractivity contribution in [3.63, 3.8) is 0 Å². The number of hydrogen-bond donors (Lipinski definition) is 3. The molecule has 2 aromatic carbocycles. The van der Waals surface area contributed by atoms with Crippen LogP contribution in [-0.4, -0.2) is 90.3 Å². The molecule has 4 amide bonds. The van der Waals surface area contributed by atoms with Gasteiger partial charge in [-0.3, -0.25) is 19.1 Å². The molecule has 4 fully saturated rings. The number of amides is 4. The van der Waals surface area contributed by atoms with E-state index in [9.17, 15) is 27.6 Å². The number of aromatic nitrogens is 1. The number of carbonyl (C=O) groups is 4. The SMILES string of the molecule is COc1ccc2c(O[C@@H]3C[C@H]4C(=O)N[C@]5(C(=O)NS(=O)(=O)C6CCC6)CC5CCCCCC[C@H](NC(=O)OC(C)(C)C)C(=O)N4C3)cc(-c3ccccc3)nc2c1. The minimum Gasteiger partial charge on any atom is -0.497 e. The quantitative estimate of drug-likeness (QED) is 0.268. The molecule has 3 heterocycles. The Morgan fingerprint density at radius 3 is 2.37 bits per heavy atom. The summed E-state index contributed by atoms with van der Waals surface area (Å²) in [6.45, 7) is 5.22. The second-order valence-corrected chi connectivity index (χ2v) is 18.8. The lowest BCUT2D eigenvalue weighted by Gasteiger charge is -2.31. The number of pyridine rings is 1. The van der Waals surface area contributed by atoms with Crippen LogP contribution in [0.4, 0.5) is 4.79 Å². The van der Waals surface area contributed by atoms with Gasteiger partial charge < -0.3 is 29.7 Å². The number of alkyl carbamates (subject to hydrolysis) is 1. The fourth-order valence-electron chi connectivity index (χ4n) is 8.17. The van der Waals surface area contributed by atoms with Crippen LogP contribution in [0.5, 0.6) is 11.5 Å². The third kappa shape index (κ3) is 8.98. The third-order valence-electron chi connectivity index (χ3n) is 11.6. The van der Waals surface area contributed by atoms with Gasteiger partial charge in [0.1, 0.15) is 40.8 Å². The van der Waals surface area contributed by atoms with Crippen molar-refractivity contribution in [1.29, 1.82) is 0 Å². The van der Waals surface area contributed by atoms with Crippen LogP contribution in [0.1, 0.15) is 91.4 Å². The molecule has 0 spiro atoms. The van der Waals surface area contributed by atoms with Crippen molar-refractivity contribution < 1.29 is 41.8 Å². The molecular weight excluding hydrogens is 751 g/mol. The van der Waals surface area contributed by atoms with Gasteiger partial charge in [0.2, 0.25) is 21.8 Å². The van der Waals surface area contributed by atoms with Gasteiger partial charge in [-0.25, -0.2) is 18.2 Å². The molecule has 15 heteroatoms. The number of nitrogens with zero attached hydrogens (tertiary/aromatic N) is 2. The highest BCUT2D eigenvalue weighted by Crippen LogP contribution is 2.48. The lowest BCUT2D eigenvalue weighted by molar-refractivity contribution is -0.141. The van der Waals surface area contributed by atoms with Crippen LogP contribution in [0.2, 0.25) is 0 Å². The van der Waals surface area contributed by atoms with Crippen LogP contribution in [0.25, 0.3) is 22.2 Å². The normalized spacial score (nSPS) is 25.9. The zero-order chi connectivity index (χ0) is 40.5. The third-order valence-corrected chi connectivity index (χ3v) is 13.4. The van der Waals surface area contributed by atoms with E-state index in [4.69, 9.17) is 19.2 Å². The number of fused-ring (bicyclic) bond motifs is 3. The van der Waals surface area contributed by atoms with Crippen LogP contribution < -0.4 is 24.8 Å². The minimum atomic E-state index is -3.91. The van der Waals surface area contributed by atoms with Crippen molar-refractivity contribution in [3.8, 4) is 22.8 Å². The van der Waals surface area contributed by atoms with Crippen molar-refractivity contribution >= 4 is 44.7 Å². The van der Waals surface area contributed by atoms with E-state index in [0.717, 1.165) is 31.2 Å². The summed E-state index contributed by atoms with van der Waals surface area (Å²) >= 11 is 0. The smallest absolute Gasteiger partial charge is 0.408 e. The largest absolute Gasteiger partial charge is 0.497 e. The highest BCUT2D eigenvalue weighted by atomic mass is 32.2. The number of methoxy groups -OCH3 is 1. The van der Waals surface area contributed by atoms with E-state index in [0.29, 0.717) is 66.6 Å². The van der Waals surface area contributed by atoms with Gasteiger partial charge in [-0.1, -0.05) is 62.4 Å². The minimum absolute atomic E-state index is 0.00272. The second-order valence-electron chi connectivity index (χ2n) is 16.8. The van der Waals surface area contributed by atoms with Crippen LogP contribution in [0.15, 0.2) is 54.6 Å². The topological polar surface area (TPSA) is 182 Å². The van der Waals surface area contributed by atoms with E-state index >= 15 is 0 Å². The fraction of sp³-hybridized carbons (Fsp3) is 0.548. The molecule has 4 aliphatic rings. The molecule has 7 rings (SSSR count). The maximum absolute atomic E-state index is 14.6. The van der Waals surface area contributed by atoms with Crippen LogP contribution in [0, 0.1) is 5.92 Å². The summed E-state index contributed by atoms with van der Waals surface area (Å²) in [6.07, 6.45) is 4.59. The maximum Gasteiger partial charge on any atom is 0.408 e. The van der Waals surface area contributed by atoms with Crippen molar-refractivity contribution in [2.75, 3.05) is 13.7 Å². The van der Waals surface area contributed by atoms with Gasteiger partial charge in [-0.05, 0) is 70.9 Å². The second kappa shape index (κ2) is 16.1. The monoisotopic (exact) mass is 803 g/mol. The predicted molar refractivity (Wildman–Crippen MR) is 213 cm³/mol. The highest BCUT2D eigenvalue weighted by molar-refractivity contribution is 7.90. The molecule has 2 aliphatic carbocycles. The average molecular weight is 804 g/mol. The van der Waals surface area contributed by atoms with Crippen LogP contribution in [-0.2, 0) is 29.1 Å². The summed E-state index contributed by atoms with van der Waals surface area (Å²) in [6, 6.07) is 14.9. The van der Waals surface area contributed by atoms with Gasteiger partial charge in [-0.15, -0.1) is 0 Å². The first-order valence-electron chi connectivity index (χ1n) is 20.0. The Morgan fingerprint density at radius 2 is 1.68 bits per heavy atom. The van der Waals surface area contributed by atoms with Crippen molar-refractivity contribution in [3.05, 3.63) is 54.6 Å². The summed E-state index contributed by atoms with van der Waals surface area (Å²) in [4.78, 5) is 62.4. The predicted octanol–water partition coefficient (Wildman–Crippen LogP) is 5.38. The maximum atomic E-state index is 14.6. The number of hydrogen-bond acceptors (Lipinski definition) is 10. The summed E-state index contributed by atoms with van der Waals surface area (Å²) in [5.74, 6) is -0.942. The van der Waals surface area contributed by atoms with Crippen molar-refractivity contribution in [2.45, 2.75) is 126 Å². The van der Waals surface area contributed by atoms with E-state index in [1.165, 1.54) is 4.90 Å². The first-order valence-corrected chi connectivity index (χ1v) is 21.6. The lowest BCUT2D eigenvalue weighted by atomic mass is 10.0. The number of ether oxygens (including phenoxy) is 3. The molecule has 2 aliphatic heterocycles. The van der Waals surface area contributed by atoms with Crippen LogP contribution in [0.3, 0.4) is 0 Å². The molecule has 0 bridgehead atoms. The Bertz CT molecular complexity index is 2120. The van der Waals surface area contributed by atoms with Gasteiger partial charge in [0.05, 0.1) is 30.1 Å². The Kier molecular flexibility index (Phi) is 11.4. The fourth-order valence-corrected chi connectivity index (χ4v) is 9.73. The summed E-state index contributed by atoms with van der Waals surface area (Å²) in [5, 5.41) is 5.80. The van der Waals surface area contributed by atoms with E-state index in [1.807, 2.05) is 48.5 Å². The van der Waals surface area contributed by atoms with Gasteiger partial charge in [0.15, 0.2) is 0 Å². The van der Waals surface area contributed by atoms with Crippen molar-refractivity contribution in [1.82, 2.24) is 25.2 Å². The van der Waals surface area contributed by atoms with Crippen LogP contribution >= 0.6 is 0 Å². The van der Waals surface area contributed by atoms with E-state index in [1.54, 1.807) is 33.9 Å². The number of sulfonamides is 1. The first kappa shape index (κ1) is 40.3. The standard InChI is InChI=1S/C42H53N5O9S/c1-41(2,3)56-40(51)44-32-18-11-6-5-10-15-27-24-42(27,39(50)46-57(52,53)30-16-12-17-30)45-37(48)35-22-29(25-47(35)38(32)49)55-36-23-33(26-13-8-7-9-14-26)43-34-21-28(54-4)19-20-31(34)36/h7-9,13-14,19-21,23,27,29-30,32,35H,5-6,10-12,15-18,22,24-25H2,1-4H3,(H,44,51)(H,45,48)(H,46,50)/t27?,29-,32+,35+,42-/m1/s1. The van der Waals surface area contributed by atoms with E-state index in [2.05, 4.69) is 15.4 Å². The molecule has 306 valence electrons. The molecule has 3 aromatic rings. The van der Waals surface area contributed by atoms with Crippen molar-refractivity contribution in [2.24, 2.45) is 5.92 Å². The molecule has 1 aromatic heterocycles. The molecular formula is C42H53N5O9S. The highest BCUT2D eigenvalue weighted by Gasteiger charge is 2.62. The number of rotatable bonds is 8. The molecule has 1 unspecified atom stereocenters. The van der Waals surface area contributed by atoms with E-state index < -0.39 is 68.4 Å². The Balaban J connectivity index is 1.21. The summed E-state index contributed by atoms with van der Waals surface area (Å²) in [7, 11) is -2.33. The Hall–Kier alpha value is -4.92.